The van der Waals surface area contributed by atoms with Crippen LogP contribution in [0.4, 0.5) is 5.69 Å². The highest BCUT2D eigenvalue weighted by Gasteiger charge is 2.25. The van der Waals surface area contributed by atoms with E-state index in [1.54, 1.807) is 18.2 Å². The average molecular weight is 242 g/mol. The number of nitrogens with two attached hydrogens (primary N) is 1. The van der Waals surface area contributed by atoms with Crippen LogP contribution in [0.5, 0.6) is 0 Å². The lowest BCUT2D eigenvalue weighted by Gasteiger charge is -2.27. The number of nitrogen functional groups attached to an aromatic ring is 1. The van der Waals surface area contributed by atoms with E-state index in [4.69, 9.17) is 22.1 Å². The van der Waals surface area contributed by atoms with Crippen LogP contribution in [0.3, 0.4) is 0 Å². The Balaban J connectivity index is 2.18. The van der Waals surface area contributed by atoms with Gasteiger partial charge in [0.1, 0.15) is 0 Å². The second kappa shape index (κ2) is 5.04. The van der Waals surface area contributed by atoms with Crippen LogP contribution in [0.1, 0.15) is 24.5 Å². The Morgan fingerprint density at radius 3 is 3.00 bits per heavy atom. The van der Waals surface area contributed by atoms with Crippen molar-refractivity contribution in [2.45, 2.75) is 18.9 Å². The Labute approximate surface area is 100 Å². The number of halogens is 1. The van der Waals surface area contributed by atoms with Gasteiger partial charge in [-0.2, -0.15) is 0 Å². The molecule has 0 saturated carbocycles. The van der Waals surface area contributed by atoms with Gasteiger partial charge in [0.05, 0.1) is 12.7 Å². The number of benzene rings is 1. The molecule has 1 aliphatic heterocycles. The minimum Gasteiger partial charge on any atom is -0.398 e. The first-order valence-electron chi connectivity index (χ1n) is 5.49. The summed E-state index contributed by atoms with van der Waals surface area (Å²) in [7, 11) is 0. The summed E-state index contributed by atoms with van der Waals surface area (Å²) in [6, 6.07) is 5.19. The van der Waals surface area contributed by atoms with E-state index in [1.807, 2.05) is 0 Å². The molecule has 16 heavy (non-hydrogen) atoms. The summed E-state index contributed by atoms with van der Waals surface area (Å²) in [6.07, 6.45) is 1.37. The molecule has 4 heteroatoms. The van der Waals surface area contributed by atoms with Crippen molar-refractivity contribution in [3.8, 4) is 0 Å². The fraction of sp³-hybridized carbons (Fsp3) is 0.500. The molecule has 1 saturated heterocycles. The number of rotatable bonds is 2. The van der Waals surface area contributed by atoms with E-state index in [0.29, 0.717) is 22.9 Å². The predicted octanol–water partition coefficient (Wildman–Crippen LogP) is 2.38. The molecule has 0 radical (unpaired) electrons. The molecule has 1 aromatic carbocycles. The Hall–Kier alpha value is -0.770. The Morgan fingerprint density at radius 2 is 2.31 bits per heavy atom. The summed E-state index contributed by atoms with van der Waals surface area (Å²) in [4.78, 5) is 0. The van der Waals surface area contributed by atoms with E-state index < -0.39 is 6.10 Å². The lowest BCUT2D eigenvalue weighted by Crippen LogP contribution is -2.24. The highest BCUT2D eigenvalue weighted by atomic mass is 35.5. The van der Waals surface area contributed by atoms with Gasteiger partial charge in [-0.15, -0.1) is 0 Å². The van der Waals surface area contributed by atoms with Crippen molar-refractivity contribution in [1.82, 2.24) is 0 Å². The summed E-state index contributed by atoms with van der Waals surface area (Å²) < 4.78 is 5.36. The zero-order valence-corrected chi connectivity index (χ0v) is 9.78. The highest BCUT2D eigenvalue weighted by molar-refractivity contribution is 6.30. The first-order valence-corrected chi connectivity index (χ1v) is 5.87. The van der Waals surface area contributed by atoms with Crippen LogP contribution in [0.15, 0.2) is 18.2 Å². The first kappa shape index (κ1) is 11.7. The molecular formula is C12H16ClNO2. The van der Waals surface area contributed by atoms with Gasteiger partial charge in [-0.3, -0.25) is 0 Å². The van der Waals surface area contributed by atoms with Gasteiger partial charge in [0, 0.05) is 28.8 Å². The second-order valence-corrected chi connectivity index (χ2v) is 4.63. The van der Waals surface area contributed by atoms with Crippen LogP contribution in [-0.4, -0.2) is 18.3 Å². The van der Waals surface area contributed by atoms with Gasteiger partial charge in [-0.05, 0) is 31.0 Å². The molecule has 1 heterocycles. The van der Waals surface area contributed by atoms with E-state index in [2.05, 4.69) is 0 Å². The van der Waals surface area contributed by atoms with Gasteiger partial charge in [0.15, 0.2) is 0 Å². The molecule has 3 nitrogen and oxygen atoms in total. The molecule has 1 aliphatic rings. The molecule has 88 valence electrons. The topological polar surface area (TPSA) is 55.5 Å². The maximum Gasteiger partial charge on any atom is 0.0860 e. The van der Waals surface area contributed by atoms with Crippen molar-refractivity contribution < 1.29 is 9.84 Å². The molecule has 1 aromatic rings. The van der Waals surface area contributed by atoms with Crippen LogP contribution >= 0.6 is 11.6 Å². The number of hydrogen-bond acceptors (Lipinski definition) is 3. The van der Waals surface area contributed by atoms with Crippen LogP contribution < -0.4 is 5.73 Å². The third kappa shape index (κ3) is 2.48. The van der Waals surface area contributed by atoms with Gasteiger partial charge in [-0.25, -0.2) is 0 Å². The number of aliphatic hydroxyl groups excluding tert-OH is 1. The smallest absolute Gasteiger partial charge is 0.0860 e. The minimum absolute atomic E-state index is 0.120. The van der Waals surface area contributed by atoms with Gasteiger partial charge >= 0.3 is 0 Å². The number of hydrogen-bond donors (Lipinski definition) is 2. The van der Waals surface area contributed by atoms with Crippen LogP contribution in [-0.2, 0) is 4.74 Å². The standard InChI is InChI=1S/C12H16ClNO2/c13-9-3-4-11(14)10(6-9)12(15)8-2-1-5-16-7-8/h3-4,6,8,12,15H,1-2,5,7,14H2. The third-order valence-corrected chi connectivity index (χ3v) is 3.24. The summed E-state index contributed by atoms with van der Waals surface area (Å²) in [6.45, 7) is 1.38. The van der Waals surface area contributed by atoms with Gasteiger partial charge in [-0.1, -0.05) is 11.6 Å². The molecule has 0 amide bonds. The fourth-order valence-corrected chi connectivity index (χ4v) is 2.25. The summed E-state index contributed by atoms with van der Waals surface area (Å²) in [5.41, 5.74) is 7.13. The van der Waals surface area contributed by atoms with E-state index in [1.165, 1.54) is 0 Å². The Bertz CT molecular complexity index is 364. The molecule has 1 fully saturated rings. The molecule has 2 atom stereocenters. The third-order valence-electron chi connectivity index (χ3n) is 3.01. The number of ether oxygens (including phenoxy) is 1. The van der Waals surface area contributed by atoms with Crippen molar-refractivity contribution in [1.29, 1.82) is 0 Å². The molecule has 0 bridgehead atoms. The monoisotopic (exact) mass is 241 g/mol. The molecule has 0 aromatic heterocycles. The van der Waals surface area contributed by atoms with Crippen molar-refractivity contribution in [3.63, 3.8) is 0 Å². The van der Waals surface area contributed by atoms with Gasteiger partial charge in [0.25, 0.3) is 0 Å². The quantitative estimate of drug-likeness (QED) is 0.782. The highest BCUT2D eigenvalue weighted by Crippen LogP contribution is 2.33. The summed E-state index contributed by atoms with van der Waals surface area (Å²) in [5, 5.41) is 10.8. The second-order valence-electron chi connectivity index (χ2n) is 4.20. The fourth-order valence-electron chi connectivity index (χ4n) is 2.07. The lowest BCUT2D eigenvalue weighted by atomic mass is 9.90. The van der Waals surface area contributed by atoms with E-state index in [9.17, 15) is 5.11 Å². The molecular weight excluding hydrogens is 226 g/mol. The lowest BCUT2D eigenvalue weighted by molar-refractivity contribution is -0.00968. The largest absolute Gasteiger partial charge is 0.398 e. The van der Waals surface area contributed by atoms with Gasteiger partial charge in [0.2, 0.25) is 0 Å². The molecule has 0 aliphatic carbocycles. The number of aliphatic hydroxyl groups is 1. The first-order chi connectivity index (χ1) is 7.68. The zero-order chi connectivity index (χ0) is 11.5. The van der Waals surface area contributed by atoms with E-state index in [-0.39, 0.29) is 5.92 Å². The van der Waals surface area contributed by atoms with Crippen LogP contribution in [0, 0.1) is 5.92 Å². The number of anilines is 1. The average Bonchev–Trinajstić information content (AvgIpc) is 2.32. The van der Waals surface area contributed by atoms with Crippen molar-refractivity contribution in [2.75, 3.05) is 18.9 Å². The summed E-state index contributed by atoms with van der Waals surface area (Å²) >= 11 is 5.90. The maximum absolute atomic E-state index is 10.2. The summed E-state index contributed by atoms with van der Waals surface area (Å²) in [5.74, 6) is 0.120. The molecule has 2 unspecified atom stereocenters. The Kier molecular flexibility index (Phi) is 3.69. The van der Waals surface area contributed by atoms with Crippen molar-refractivity contribution >= 4 is 17.3 Å². The minimum atomic E-state index is -0.584. The zero-order valence-electron chi connectivity index (χ0n) is 9.03. The van der Waals surface area contributed by atoms with Crippen molar-refractivity contribution in [2.24, 2.45) is 5.92 Å². The molecule has 0 spiro atoms. The molecule has 3 N–H and O–H groups in total. The predicted molar refractivity (Wildman–Crippen MR) is 64.4 cm³/mol. The van der Waals surface area contributed by atoms with Crippen molar-refractivity contribution in [3.05, 3.63) is 28.8 Å². The van der Waals surface area contributed by atoms with Gasteiger partial charge < -0.3 is 15.6 Å². The van der Waals surface area contributed by atoms with E-state index in [0.717, 1.165) is 19.4 Å². The maximum atomic E-state index is 10.2. The van der Waals surface area contributed by atoms with Crippen LogP contribution in [0.25, 0.3) is 0 Å². The SMILES string of the molecule is Nc1ccc(Cl)cc1C(O)C1CCCOC1. The Morgan fingerprint density at radius 1 is 1.50 bits per heavy atom. The van der Waals surface area contributed by atoms with Crippen LogP contribution in [0.2, 0.25) is 5.02 Å². The molecule has 2 rings (SSSR count). The van der Waals surface area contributed by atoms with E-state index >= 15 is 0 Å². The normalized spacial score (nSPS) is 23.0.